The monoisotopic (exact) mass is 255 g/mol. The molecule has 100 valence electrons. The number of nitrogens with zero attached hydrogens (tertiary/aromatic N) is 1. The fraction of sp³-hybridized carbons (Fsp3) is 0.412. The molecule has 0 aromatic heterocycles. The molecule has 1 aliphatic rings. The number of hydrogen-bond acceptors (Lipinski definition) is 2. The Morgan fingerprint density at radius 3 is 2.47 bits per heavy atom. The Hall–Kier alpha value is -1.54. The van der Waals surface area contributed by atoms with Gasteiger partial charge in [-0.05, 0) is 28.7 Å². The number of hydrogen-bond donors (Lipinski definition) is 1. The predicted molar refractivity (Wildman–Crippen MR) is 79.2 cm³/mol. The molecule has 2 aromatic rings. The first-order valence-corrected chi connectivity index (χ1v) is 7.07. The average molecular weight is 255 g/mol. The van der Waals surface area contributed by atoms with E-state index in [1.807, 2.05) is 24.3 Å². The first-order chi connectivity index (χ1) is 9.15. The highest BCUT2D eigenvalue weighted by Gasteiger charge is 2.26. The Morgan fingerprint density at radius 1 is 1.05 bits per heavy atom. The van der Waals surface area contributed by atoms with Gasteiger partial charge in [-0.1, -0.05) is 44.2 Å². The van der Waals surface area contributed by atoms with E-state index in [-0.39, 0.29) is 0 Å². The summed E-state index contributed by atoms with van der Waals surface area (Å²) in [5.41, 5.74) is 1.07. The van der Waals surface area contributed by atoms with Crippen molar-refractivity contribution in [2.24, 2.45) is 11.8 Å². The molecule has 0 radical (unpaired) electrons. The van der Waals surface area contributed by atoms with E-state index >= 15 is 0 Å². The van der Waals surface area contributed by atoms with Crippen molar-refractivity contribution in [1.29, 1.82) is 0 Å². The van der Waals surface area contributed by atoms with Crippen LogP contribution in [0.25, 0.3) is 10.8 Å². The highest BCUT2D eigenvalue weighted by atomic mass is 16.3. The van der Waals surface area contributed by atoms with Gasteiger partial charge in [0.1, 0.15) is 5.75 Å². The molecule has 1 aliphatic heterocycles. The van der Waals surface area contributed by atoms with Gasteiger partial charge in [0.2, 0.25) is 0 Å². The predicted octanol–water partition coefficient (Wildman–Crippen LogP) is 3.63. The SMILES string of the molecule is CC1CN(Cc2c(O)ccc3ccccc23)CC1C. The van der Waals surface area contributed by atoms with Crippen LogP contribution in [0.1, 0.15) is 19.4 Å². The van der Waals surface area contributed by atoms with Gasteiger partial charge in [-0.25, -0.2) is 0 Å². The van der Waals surface area contributed by atoms with Crippen LogP contribution in [-0.2, 0) is 6.54 Å². The van der Waals surface area contributed by atoms with Gasteiger partial charge in [-0.15, -0.1) is 0 Å². The molecule has 1 fully saturated rings. The van der Waals surface area contributed by atoms with Gasteiger partial charge in [-0.2, -0.15) is 0 Å². The molecule has 19 heavy (non-hydrogen) atoms. The highest BCUT2D eigenvalue weighted by molar-refractivity contribution is 5.87. The molecular weight excluding hydrogens is 234 g/mol. The molecule has 0 bridgehead atoms. The van der Waals surface area contributed by atoms with Gasteiger partial charge < -0.3 is 5.11 Å². The largest absolute Gasteiger partial charge is 0.508 e. The van der Waals surface area contributed by atoms with Crippen molar-refractivity contribution in [3.05, 3.63) is 42.0 Å². The summed E-state index contributed by atoms with van der Waals surface area (Å²) >= 11 is 0. The number of benzene rings is 2. The van der Waals surface area contributed by atoms with Crippen LogP contribution in [0.3, 0.4) is 0 Å². The van der Waals surface area contributed by atoms with E-state index in [0.717, 1.165) is 37.0 Å². The number of phenolic OH excluding ortho intramolecular Hbond substituents is 1. The van der Waals surface area contributed by atoms with E-state index in [2.05, 4.69) is 30.9 Å². The van der Waals surface area contributed by atoms with Crippen molar-refractivity contribution in [3.8, 4) is 5.75 Å². The Labute approximate surface area is 114 Å². The molecule has 2 atom stereocenters. The minimum Gasteiger partial charge on any atom is -0.508 e. The summed E-state index contributed by atoms with van der Waals surface area (Å²) in [6.45, 7) is 7.73. The third-order valence-corrected chi connectivity index (χ3v) is 4.46. The minimum absolute atomic E-state index is 0.422. The first-order valence-electron chi connectivity index (χ1n) is 7.07. The zero-order valence-electron chi connectivity index (χ0n) is 11.6. The Morgan fingerprint density at radius 2 is 1.74 bits per heavy atom. The second kappa shape index (κ2) is 4.86. The van der Waals surface area contributed by atoms with Crippen LogP contribution in [0.5, 0.6) is 5.75 Å². The maximum absolute atomic E-state index is 10.2. The maximum atomic E-state index is 10.2. The molecule has 2 aromatic carbocycles. The van der Waals surface area contributed by atoms with Gasteiger partial charge in [-0.3, -0.25) is 4.90 Å². The van der Waals surface area contributed by atoms with E-state index in [0.29, 0.717) is 5.75 Å². The van der Waals surface area contributed by atoms with Crippen molar-refractivity contribution in [2.75, 3.05) is 13.1 Å². The molecule has 0 spiro atoms. The molecule has 0 aliphatic carbocycles. The minimum atomic E-state index is 0.422. The summed E-state index contributed by atoms with van der Waals surface area (Å²) in [7, 11) is 0. The fourth-order valence-corrected chi connectivity index (χ4v) is 3.09. The van der Waals surface area contributed by atoms with Gasteiger partial charge in [0.15, 0.2) is 0 Å². The second-order valence-corrected chi connectivity index (χ2v) is 5.93. The van der Waals surface area contributed by atoms with Crippen LogP contribution in [0.4, 0.5) is 0 Å². The topological polar surface area (TPSA) is 23.5 Å². The van der Waals surface area contributed by atoms with Crippen molar-refractivity contribution in [3.63, 3.8) is 0 Å². The van der Waals surface area contributed by atoms with Crippen LogP contribution in [0.2, 0.25) is 0 Å². The number of likely N-dealkylation sites (tertiary alicyclic amines) is 1. The molecule has 2 heteroatoms. The van der Waals surface area contributed by atoms with Crippen LogP contribution in [0.15, 0.2) is 36.4 Å². The Kier molecular flexibility index (Phi) is 3.19. The van der Waals surface area contributed by atoms with Crippen molar-refractivity contribution >= 4 is 10.8 Å². The van der Waals surface area contributed by atoms with Gasteiger partial charge in [0, 0.05) is 25.2 Å². The van der Waals surface area contributed by atoms with Crippen molar-refractivity contribution < 1.29 is 5.11 Å². The molecule has 3 rings (SSSR count). The van der Waals surface area contributed by atoms with Crippen LogP contribution < -0.4 is 0 Å². The van der Waals surface area contributed by atoms with E-state index in [9.17, 15) is 5.11 Å². The van der Waals surface area contributed by atoms with Crippen LogP contribution in [0, 0.1) is 11.8 Å². The smallest absolute Gasteiger partial charge is 0.120 e. The van der Waals surface area contributed by atoms with Gasteiger partial charge in [0.05, 0.1) is 0 Å². The van der Waals surface area contributed by atoms with Crippen LogP contribution in [-0.4, -0.2) is 23.1 Å². The molecular formula is C17H21NO. The summed E-state index contributed by atoms with van der Waals surface area (Å²) in [4.78, 5) is 2.46. The number of fused-ring (bicyclic) bond motifs is 1. The third-order valence-electron chi connectivity index (χ3n) is 4.46. The lowest BCUT2D eigenvalue weighted by atomic mass is 10.0. The molecule has 1 saturated heterocycles. The zero-order valence-corrected chi connectivity index (χ0v) is 11.6. The summed E-state index contributed by atoms with van der Waals surface area (Å²) in [5.74, 6) is 1.92. The van der Waals surface area contributed by atoms with E-state index in [1.165, 1.54) is 10.8 Å². The molecule has 2 nitrogen and oxygen atoms in total. The number of rotatable bonds is 2. The van der Waals surface area contributed by atoms with Crippen molar-refractivity contribution in [2.45, 2.75) is 20.4 Å². The number of phenols is 1. The quantitative estimate of drug-likeness (QED) is 0.885. The zero-order chi connectivity index (χ0) is 13.4. The third kappa shape index (κ3) is 2.33. The summed E-state index contributed by atoms with van der Waals surface area (Å²) in [6.07, 6.45) is 0. The average Bonchev–Trinajstić information content (AvgIpc) is 2.72. The van der Waals surface area contributed by atoms with E-state index in [1.54, 1.807) is 0 Å². The molecule has 2 unspecified atom stereocenters. The van der Waals surface area contributed by atoms with Gasteiger partial charge in [0.25, 0.3) is 0 Å². The lowest BCUT2D eigenvalue weighted by molar-refractivity contribution is 0.311. The standard InChI is InChI=1S/C17H21NO/c1-12-9-18(10-13(12)2)11-16-15-6-4-3-5-14(15)7-8-17(16)19/h3-8,12-13,19H,9-11H2,1-2H3. The van der Waals surface area contributed by atoms with Crippen molar-refractivity contribution in [1.82, 2.24) is 4.90 Å². The fourth-order valence-electron chi connectivity index (χ4n) is 3.09. The lowest BCUT2D eigenvalue weighted by Crippen LogP contribution is -2.20. The first kappa shape index (κ1) is 12.5. The summed E-state index contributed by atoms with van der Waals surface area (Å²) < 4.78 is 0. The summed E-state index contributed by atoms with van der Waals surface area (Å²) in [6, 6.07) is 12.1. The van der Waals surface area contributed by atoms with Gasteiger partial charge >= 0.3 is 0 Å². The molecule has 1 heterocycles. The lowest BCUT2D eigenvalue weighted by Gasteiger charge is -2.18. The molecule has 0 amide bonds. The summed E-state index contributed by atoms with van der Waals surface area (Å²) in [5, 5.41) is 12.6. The highest BCUT2D eigenvalue weighted by Crippen LogP contribution is 2.31. The second-order valence-electron chi connectivity index (χ2n) is 5.93. The normalized spacial score (nSPS) is 24.1. The van der Waals surface area contributed by atoms with E-state index < -0.39 is 0 Å². The van der Waals surface area contributed by atoms with Crippen LogP contribution >= 0.6 is 0 Å². The Bertz CT molecular complexity index is 583. The molecule has 0 saturated carbocycles. The molecule has 1 N–H and O–H groups in total. The maximum Gasteiger partial charge on any atom is 0.120 e. The Balaban J connectivity index is 1.94. The number of aromatic hydroxyl groups is 1. The van der Waals surface area contributed by atoms with E-state index in [4.69, 9.17) is 0 Å².